The summed E-state index contributed by atoms with van der Waals surface area (Å²) in [4.78, 5) is 15.4. The SMILES string of the molecule is Cc1ccc2c(c1)nc(COc1ccc(C(=O)O)cc1)n2C. The summed E-state index contributed by atoms with van der Waals surface area (Å²) in [7, 11) is 1.96. The van der Waals surface area contributed by atoms with E-state index in [2.05, 4.69) is 11.1 Å². The third-order valence-electron chi connectivity index (χ3n) is 3.60. The van der Waals surface area contributed by atoms with Gasteiger partial charge in [0, 0.05) is 7.05 Å². The molecule has 5 nitrogen and oxygen atoms in total. The van der Waals surface area contributed by atoms with Gasteiger partial charge in [0.1, 0.15) is 18.2 Å². The number of hydrogen-bond donors (Lipinski definition) is 1. The van der Waals surface area contributed by atoms with Crippen molar-refractivity contribution in [1.82, 2.24) is 9.55 Å². The molecule has 1 aromatic heterocycles. The first-order chi connectivity index (χ1) is 10.5. The topological polar surface area (TPSA) is 64.3 Å². The van der Waals surface area contributed by atoms with Gasteiger partial charge in [0.2, 0.25) is 0 Å². The number of aryl methyl sites for hydroxylation is 2. The highest BCUT2D eigenvalue weighted by Gasteiger charge is 2.09. The molecule has 1 N–H and O–H groups in total. The van der Waals surface area contributed by atoms with E-state index < -0.39 is 5.97 Å². The number of fused-ring (bicyclic) bond motifs is 1. The van der Waals surface area contributed by atoms with Crippen LogP contribution in [0.1, 0.15) is 21.7 Å². The van der Waals surface area contributed by atoms with Crippen molar-refractivity contribution >= 4 is 17.0 Å². The van der Waals surface area contributed by atoms with Crippen LogP contribution in [0, 0.1) is 6.92 Å². The Hall–Kier alpha value is -2.82. The third kappa shape index (κ3) is 2.65. The summed E-state index contributed by atoms with van der Waals surface area (Å²) in [6, 6.07) is 12.5. The van der Waals surface area contributed by atoms with Crippen molar-refractivity contribution in [3.63, 3.8) is 0 Å². The van der Waals surface area contributed by atoms with Gasteiger partial charge in [0.05, 0.1) is 16.6 Å². The number of hydrogen-bond acceptors (Lipinski definition) is 3. The monoisotopic (exact) mass is 296 g/mol. The van der Waals surface area contributed by atoms with Gasteiger partial charge in [-0.1, -0.05) is 6.07 Å². The maximum atomic E-state index is 10.8. The number of aromatic carboxylic acids is 1. The van der Waals surface area contributed by atoms with Crippen LogP contribution in [0.3, 0.4) is 0 Å². The van der Waals surface area contributed by atoms with Crippen LogP contribution in [0.25, 0.3) is 11.0 Å². The van der Waals surface area contributed by atoms with Gasteiger partial charge in [-0.15, -0.1) is 0 Å². The molecule has 0 spiro atoms. The first kappa shape index (κ1) is 14.1. The van der Waals surface area contributed by atoms with E-state index in [0.29, 0.717) is 12.4 Å². The summed E-state index contributed by atoms with van der Waals surface area (Å²) in [6.45, 7) is 2.37. The van der Waals surface area contributed by atoms with Crippen molar-refractivity contribution in [2.24, 2.45) is 7.05 Å². The maximum Gasteiger partial charge on any atom is 0.335 e. The van der Waals surface area contributed by atoms with E-state index in [9.17, 15) is 4.79 Å². The molecule has 3 aromatic rings. The lowest BCUT2D eigenvalue weighted by molar-refractivity contribution is 0.0697. The molecule has 0 aliphatic rings. The van der Waals surface area contributed by atoms with Gasteiger partial charge in [-0.05, 0) is 48.9 Å². The molecule has 0 radical (unpaired) electrons. The second kappa shape index (κ2) is 5.52. The fourth-order valence-electron chi connectivity index (χ4n) is 2.33. The van der Waals surface area contributed by atoms with Gasteiger partial charge in [0.15, 0.2) is 0 Å². The van der Waals surface area contributed by atoms with Crippen LogP contribution in [0.2, 0.25) is 0 Å². The largest absolute Gasteiger partial charge is 0.486 e. The van der Waals surface area contributed by atoms with Crippen LogP contribution in [0.15, 0.2) is 42.5 Å². The Balaban J connectivity index is 1.78. The van der Waals surface area contributed by atoms with E-state index in [4.69, 9.17) is 9.84 Å². The molecule has 0 aliphatic heterocycles. The van der Waals surface area contributed by atoms with Gasteiger partial charge in [-0.2, -0.15) is 0 Å². The number of carbonyl (C=O) groups is 1. The predicted octanol–water partition coefficient (Wildman–Crippen LogP) is 3.16. The molecule has 0 unspecified atom stereocenters. The molecule has 112 valence electrons. The fourth-order valence-corrected chi connectivity index (χ4v) is 2.33. The number of carboxylic acid groups (broad SMARTS) is 1. The standard InChI is InChI=1S/C17H16N2O3/c1-11-3-8-15-14(9-11)18-16(19(15)2)10-22-13-6-4-12(5-7-13)17(20)21/h3-9H,10H2,1-2H3,(H,20,21). The fraction of sp³-hybridized carbons (Fsp3) is 0.176. The molecule has 0 aliphatic carbocycles. The lowest BCUT2D eigenvalue weighted by Gasteiger charge is -2.06. The zero-order valence-corrected chi connectivity index (χ0v) is 12.4. The number of aromatic nitrogens is 2. The molecule has 5 heteroatoms. The van der Waals surface area contributed by atoms with Crippen molar-refractivity contribution in [1.29, 1.82) is 0 Å². The number of benzene rings is 2. The van der Waals surface area contributed by atoms with Crippen molar-refractivity contribution < 1.29 is 14.6 Å². The molecule has 0 atom stereocenters. The molecule has 3 rings (SSSR count). The Morgan fingerprint density at radius 2 is 1.95 bits per heavy atom. The number of imidazole rings is 1. The van der Waals surface area contributed by atoms with Crippen molar-refractivity contribution in [2.75, 3.05) is 0 Å². The minimum absolute atomic E-state index is 0.241. The first-order valence-corrected chi connectivity index (χ1v) is 6.93. The highest BCUT2D eigenvalue weighted by atomic mass is 16.5. The van der Waals surface area contributed by atoms with E-state index in [0.717, 1.165) is 16.9 Å². The zero-order chi connectivity index (χ0) is 15.7. The van der Waals surface area contributed by atoms with Gasteiger partial charge in [0.25, 0.3) is 0 Å². The number of nitrogens with zero attached hydrogens (tertiary/aromatic N) is 2. The minimum Gasteiger partial charge on any atom is -0.486 e. The second-order valence-corrected chi connectivity index (χ2v) is 5.20. The quantitative estimate of drug-likeness (QED) is 0.803. The van der Waals surface area contributed by atoms with Crippen LogP contribution in [0.5, 0.6) is 5.75 Å². The Bertz CT molecular complexity index is 835. The third-order valence-corrected chi connectivity index (χ3v) is 3.60. The molecule has 2 aromatic carbocycles. The van der Waals surface area contributed by atoms with Crippen molar-refractivity contribution in [3.8, 4) is 5.75 Å². The van der Waals surface area contributed by atoms with Crippen molar-refractivity contribution in [2.45, 2.75) is 13.5 Å². The highest BCUT2D eigenvalue weighted by molar-refractivity contribution is 5.87. The normalized spacial score (nSPS) is 10.8. The summed E-state index contributed by atoms with van der Waals surface area (Å²) in [6.07, 6.45) is 0. The Kier molecular flexibility index (Phi) is 3.55. The molecule has 0 bridgehead atoms. The summed E-state index contributed by atoms with van der Waals surface area (Å²) < 4.78 is 7.69. The minimum atomic E-state index is -0.947. The molecule has 22 heavy (non-hydrogen) atoms. The summed E-state index contributed by atoms with van der Waals surface area (Å²) in [5.74, 6) is 0.494. The predicted molar refractivity (Wildman–Crippen MR) is 83.2 cm³/mol. The molecule has 0 saturated heterocycles. The van der Waals surface area contributed by atoms with Crippen molar-refractivity contribution in [3.05, 3.63) is 59.4 Å². The molecule has 0 amide bonds. The second-order valence-electron chi connectivity index (χ2n) is 5.20. The summed E-state index contributed by atoms with van der Waals surface area (Å²) in [5.41, 5.74) is 3.42. The van der Waals surface area contributed by atoms with Gasteiger partial charge in [-0.25, -0.2) is 9.78 Å². The highest BCUT2D eigenvalue weighted by Crippen LogP contribution is 2.18. The zero-order valence-electron chi connectivity index (χ0n) is 12.4. The smallest absolute Gasteiger partial charge is 0.335 e. The number of ether oxygens (including phenoxy) is 1. The first-order valence-electron chi connectivity index (χ1n) is 6.93. The van der Waals surface area contributed by atoms with Gasteiger partial charge < -0.3 is 14.4 Å². The maximum absolute atomic E-state index is 10.8. The van der Waals surface area contributed by atoms with E-state index >= 15 is 0 Å². The molecule has 0 saturated carbocycles. The van der Waals surface area contributed by atoms with E-state index in [1.807, 2.05) is 30.7 Å². The summed E-state index contributed by atoms with van der Waals surface area (Å²) >= 11 is 0. The average Bonchev–Trinajstić information content (AvgIpc) is 2.81. The van der Waals surface area contributed by atoms with Crippen LogP contribution in [-0.2, 0) is 13.7 Å². The average molecular weight is 296 g/mol. The van der Waals surface area contributed by atoms with Crippen LogP contribution in [0.4, 0.5) is 0 Å². The lowest BCUT2D eigenvalue weighted by Crippen LogP contribution is -2.03. The molecule has 0 fully saturated rings. The van der Waals surface area contributed by atoms with Crippen LogP contribution >= 0.6 is 0 Å². The Morgan fingerprint density at radius 1 is 1.23 bits per heavy atom. The lowest BCUT2D eigenvalue weighted by atomic mass is 10.2. The molecular formula is C17H16N2O3. The Morgan fingerprint density at radius 3 is 2.64 bits per heavy atom. The number of carboxylic acids is 1. The van der Waals surface area contributed by atoms with Gasteiger partial charge in [-0.3, -0.25) is 0 Å². The van der Waals surface area contributed by atoms with Crippen LogP contribution < -0.4 is 4.74 Å². The molecular weight excluding hydrogens is 280 g/mol. The van der Waals surface area contributed by atoms with E-state index in [1.54, 1.807) is 12.1 Å². The number of rotatable bonds is 4. The van der Waals surface area contributed by atoms with Crippen LogP contribution in [-0.4, -0.2) is 20.6 Å². The van der Waals surface area contributed by atoms with Gasteiger partial charge >= 0.3 is 5.97 Å². The Labute approximate surface area is 127 Å². The van der Waals surface area contributed by atoms with E-state index in [1.165, 1.54) is 17.7 Å². The summed E-state index contributed by atoms with van der Waals surface area (Å²) in [5, 5.41) is 8.87. The molecule has 1 heterocycles. The van der Waals surface area contributed by atoms with E-state index in [-0.39, 0.29) is 5.56 Å².